The van der Waals surface area contributed by atoms with E-state index in [1.165, 1.54) is 0 Å². The van der Waals surface area contributed by atoms with Crippen LogP contribution in [0.1, 0.15) is 0 Å². The van der Waals surface area contributed by atoms with E-state index in [-0.39, 0.29) is 11.8 Å². The highest BCUT2D eigenvalue weighted by atomic mass is 35.5. The summed E-state index contributed by atoms with van der Waals surface area (Å²) in [6.07, 6.45) is 1.73. The van der Waals surface area contributed by atoms with Crippen molar-refractivity contribution in [1.82, 2.24) is 10.3 Å². The van der Waals surface area contributed by atoms with Crippen molar-refractivity contribution >= 4 is 28.4 Å². The van der Waals surface area contributed by atoms with E-state index in [4.69, 9.17) is 16.3 Å². The second-order valence-corrected chi connectivity index (χ2v) is 3.93. The third kappa shape index (κ3) is 3.11. The smallest absolute Gasteiger partial charge is 0.235 e. The highest BCUT2D eigenvalue weighted by molar-refractivity contribution is 6.27. The van der Waals surface area contributed by atoms with Gasteiger partial charge >= 0.3 is 0 Å². The number of nitrogens with zero attached hydrogens (tertiary/aromatic N) is 1. The molecule has 94 valence electrons. The van der Waals surface area contributed by atoms with Gasteiger partial charge in [-0.3, -0.25) is 9.78 Å². The molecule has 5 heteroatoms. The minimum atomic E-state index is -0.198. The van der Waals surface area contributed by atoms with Crippen LogP contribution in [0.3, 0.4) is 0 Å². The molecule has 2 rings (SSSR count). The van der Waals surface area contributed by atoms with Crippen molar-refractivity contribution in [2.45, 2.75) is 0 Å². The Labute approximate surface area is 110 Å². The number of nitrogens with one attached hydrogen (secondary N) is 1. The van der Waals surface area contributed by atoms with E-state index in [0.717, 1.165) is 10.9 Å². The predicted octanol–water partition coefficient (Wildman–Crippen LogP) is 1.97. The molecular weight excluding hydrogens is 252 g/mol. The van der Waals surface area contributed by atoms with E-state index >= 15 is 0 Å². The summed E-state index contributed by atoms with van der Waals surface area (Å²) >= 11 is 5.36. The van der Waals surface area contributed by atoms with Gasteiger partial charge in [0.2, 0.25) is 5.91 Å². The third-order valence-electron chi connectivity index (χ3n) is 2.40. The lowest BCUT2D eigenvalue weighted by molar-refractivity contribution is -0.118. The molecule has 0 spiro atoms. The largest absolute Gasteiger partial charge is 0.489 e. The first-order valence-corrected chi connectivity index (χ1v) is 6.14. The lowest BCUT2D eigenvalue weighted by Crippen LogP contribution is -2.28. The van der Waals surface area contributed by atoms with E-state index in [1.807, 2.05) is 30.3 Å². The Morgan fingerprint density at radius 3 is 3.00 bits per heavy atom. The number of ether oxygens (including phenoxy) is 1. The molecular formula is C13H13ClN2O2. The SMILES string of the molecule is O=C(CCl)NCCOc1cccc2cccnc12. The van der Waals surface area contributed by atoms with Gasteiger partial charge in [0.1, 0.15) is 23.8 Å². The summed E-state index contributed by atoms with van der Waals surface area (Å²) in [5.74, 6) is 0.486. The van der Waals surface area contributed by atoms with Crippen LogP contribution in [-0.4, -0.2) is 29.9 Å². The van der Waals surface area contributed by atoms with Crippen LogP contribution < -0.4 is 10.1 Å². The van der Waals surface area contributed by atoms with Crippen LogP contribution in [0.15, 0.2) is 36.5 Å². The number of hydrogen-bond donors (Lipinski definition) is 1. The minimum absolute atomic E-state index is 0.0319. The van der Waals surface area contributed by atoms with Crippen molar-refractivity contribution in [3.8, 4) is 5.75 Å². The van der Waals surface area contributed by atoms with Crippen LogP contribution in [0, 0.1) is 0 Å². The molecule has 2 aromatic rings. The number of aromatic nitrogens is 1. The van der Waals surface area contributed by atoms with Gasteiger partial charge in [0.25, 0.3) is 0 Å². The molecule has 18 heavy (non-hydrogen) atoms. The number of hydrogen-bond acceptors (Lipinski definition) is 3. The lowest BCUT2D eigenvalue weighted by atomic mass is 10.2. The summed E-state index contributed by atoms with van der Waals surface area (Å²) in [6.45, 7) is 0.813. The quantitative estimate of drug-likeness (QED) is 0.664. The molecule has 0 aliphatic rings. The second kappa shape index (κ2) is 6.21. The normalized spacial score (nSPS) is 10.3. The molecule has 0 atom stereocenters. The highest BCUT2D eigenvalue weighted by Crippen LogP contribution is 2.22. The van der Waals surface area contributed by atoms with Crippen LogP contribution in [0.5, 0.6) is 5.75 Å². The zero-order valence-corrected chi connectivity index (χ0v) is 10.5. The van der Waals surface area contributed by atoms with Gasteiger partial charge < -0.3 is 10.1 Å². The number of rotatable bonds is 5. The Morgan fingerprint density at radius 2 is 2.17 bits per heavy atom. The van der Waals surface area contributed by atoms with Crippen molar-refractivity contribution in [1.29, 1.82) is 0 Å². The average molecular weight is 265 g/mol. The number of carbonyl (C=O) groups is 1. The molecule has 0 aliphatic carbocycles. The zero-order valence-electron chi connectivity index (χ0n) is 9.73. The molecule has 1 N–H and O–H groups in total. The number of alkyl halides is 1. The van der Waals surface area contributed by atoms with E-state index in [9.17, 15) is 4.79 Å². The molecule has 4 nitrogen and oxygen atoms in total. The van der Waals surface area contributed by atoms with Gasteiger partial charge in [-0.1, -0.05) is 18.2 Å². The van der Waals surface area contributed by atoms with Gasteiger partial charge in [-0.25, -0.2) is 0 Å². The van der Waals surface area contributed by atoms with Gasteiger partial charge in [-0.05, 0) is 12.1 Å². The fraction of sp³-hybridized carbons (Fsp3) is 0.231. The summed E-state index contributed by atoms with van der Waals surface area (Å²) < 4.78 is 5.59. The van der Waals surface area contributed by atoms with Gasteiger partial charge in [-0.2, -0.15) is 0 Å². The molecule has 0 bridgehead atoms. The molecule has 0 unspecified atom stereocenters. The summed E-state index contributed by atoms with van der Waals surface area (Å²) in [4.78, 5) is 15.2. The van der Waals surface area contributed by atoms with Crippen LogP contribution in [-0.2, 0) is 4.79 Å². The topological polar surface area (TPSA) is 51.2 Å². The van der Waals surface area contributed by atoms with Gasteiger partial charge in [0.05, 0.1) is 6.54 Å². The number of fused-ring (bicyclic) bond motifs is 1. The summed E-state index contributed by atoms with van der Waals surface area (Å²) in [5, 5.41) is 3.66. The van der Waals surface area contributed by atoms with E-state index in [0.29, 0.717) is 18.9 Å². The molecule has 0 fully saturated rings. The first-order valence-electron chi connectivity index (χ1n) is 5.60. The standard InChI is InChI=1S/C13H13ClN2O2/c14-9-12(17)15-7-8-18-11-5-1-3-10-4-2-6-16-13(10)11/h1-6H,7-9H2,(H,15,17). The predicted molar refractivity (Wildman–Crippen MR) is 71.0 cm³/mol. The Kier molecular flexibility index (Phi) is 4.36. The fourth-order valence-electron chi connectivity index (χ4n) is 1.59. The lowest BCUT2D eigenvalue weighted by Gasteiger charge is -2.08. The molecule has 1 amide bonds. The van der Waals surface area contributed by atoms with E-state index in [2.05, 4.69) is 10.3 Å². The van der Waals surface area contributed by atoms with Crippen molar-refractivity contribution in [3.63, 3.8) is 0 Å². The number of halogens is 1. The monoisotopic (exact) mass is 264 g/mol. The summed E-state index contributed by atoms with van der Waals surface area (Å²) in [5.41, 5.74) is 0.823. The Balaban J connectivity index is 1.97. The van der Waals surface area contributed by atoms with E-state index < -0.39 is 0 Å². The Morgan fingerprint density at radius 1 is 1.33 bits per heavy atom. The van der Waals surface area contributed by atoms with Crippen LogP contribution >= 0.6 is 11.6 Å². The molecule has 0 radical (unpaired) electrons. The highest BCUT2D eigenvalue weighted by Gasteiger charge is 2.02. The number of para-hydroxylation sites is 1. The zero-order chi connectivity index (χ0) is 12.8. The van der Waals surface area contributed by atoms with Crippen LogP contribution in [0.25, 0.3) is 10.9 Å². The number of carbonyl (C=O) groups excluding carboxylic acids is 1. The van der Waals surface area contributed by atoms with Crippen molar-refractivity contribution in [2.24, 2.45) is 0 Å². The molecule has 1 aromatic heterocycles. The fourth-order valence-corrected chi connectivity index (χ4v) is 1.69. The summed E-state index contributed by atoms with van der Waals surface area (Å²) in [7, 11) is 0. The van der Waals surface area contributed by atoms with Crippen LogP contribution in [0.4, 0.5) is 0 Å². The maximum atomic E-state index is 10.9. The maximum absolute atomic E-state index is 10.9. The number of amides is 1. The van der Waals surface area contributed by atoms with Crippen molar-refractivity contribution < 1.29 is 9.53 Å². The Hall–Kier alpha value is -1.81. The number of benzene rings is 1. The first kappa shape index (κ1) is 12.6. The molecule has 1 heterocycles. The molecule has 0 aliphatic heterocycles. The third-order valence-corrected chi connectivity index (χ3v) is 2.64. The first-order chi connectivity index (χ1) is 8.81. The summed E-state index contributed by atoms with van der Waals surface area (Å²) in [6, 6.07) is 9.61. The van der Waals surface area contributed by atoms with E-state index in [1.54, 1.807) is 6.20 Å². The molecule has 0 saturated carbocycles. The molecule has 1 aromatic carbocycles. The minimum Gasteiger partial charge on any atom is -0.489 e. The molecule has 0 saturated heterocycles. The average Bonchev–Trinajstić information content (AvgIpc) is 2.43. The van der Waals surface area contributed by atoms with Gasteiger partial charge in [-0.15, -0.1) is 11.6 Å². The number of pyridine rings is 1. The van der Waals surface area contributed by atoms with Crippen molar-refractivity contribution in [2.75, 3.05) is 19.0 Å². The maximum Gasteiger partial charge on any atom is 0.235 e. The van der Waals surface area contributed by atoms with Crippen molar-refractivity contribution in [3.05, 3.63) is 36.5 Å². The Bertz CT molecular complexity index is 540. The van der Waals surface area contributed by atoms with Crippen LogP contribution in [0.2, 0.25) is 0 Å². The second-order valence-electron chi connectivity index (χ2n) is 3.66. The van der Waals surface area contributed by atoms with Gasteiger partial charge in [0, 0.05) is 11.6 Å². The van der Waals surface area contributed by atoms with Gasteiger partial charge in [0.15, 0.2) is 0 Å².